The molecule has 24 heavy (non-hydrogen) atoms. The molecule has 4 atom stereocenters. The summed E-state index contributed by atoms with van der Waals surface area (Å²) in [7, 11) is 0. The maximum atomic E-state index is 12.7. The Morgan fingerprint density at radius 2 is 1.83 bits per heavy atom. The highest BCUT2D eigenvalue weighted by molar-refractivity contribution is 6.06. The Labute approximate surface area is 141 Å². The predicted molar refractivity (Wildman–Crippen MR) is 89.4 cm³/mol. The summed E-state index contributed by atoms with van der Waals surface area (Å²) in [6, 6.07) is 7.44. The van der Waals surface area contributed by atoms with Gasteiger partial charge in [0.2, 0.25) is 0 Å². The SMILES string of the molecule is CCOc1cccc(/C=N\N2C(=O)[C@@H]3[C@H](C2=O)[C@H]2C=C[C@H]3CC2)c1. The zero-order chi connectivity index (χ0) is 16.7. The standard InChI is InChI=1S/C19H20N2O3/c1-2-24-15-5-3-4-12(10-15)11-20-21-18(22)16-13-6-7-14(9-8-13)17(16)19(21)23/h3-7,10-11,13-14,16-17H,2,8-9H2,1H3/b20-11-/t13-,14-,16-,17+/m0/s1. The number of rotatable bonds is 4. The van der Waals surface area contributed by atoms with E-state index in [1.165, 1.54) is 0 Å². The van der Waals surface area contributed by atoms with E-state index in [1.54, 1.807) is 6.21 Å². The molecule has 2 amide bonds. The van der Waals surface area contributed by atoms with Crippen LogP contribution in [0.2, 0.25) is 0 Å². The second-order valence-corrected chi connectivity index (χ2v) is 6.58. The van der Waals surface area contributed by atoms with Crippen LogP contribution in [0, 0.1) is 23.7 Å². The Hall–Kier alpha value is -2.43. The third-order valence-electron chi connectivity index (χ3n) is 5.23. The summed E-state index contributed by atoms with van der Waals surface area (Å²) in [6.07, 6.45) is 7.77. The normalized spacial score (nSPS) is 31.1. The van der Waals surface area contributed by atoms with Crippen molar-refractivity contribution in [1.29, 1.82) is 0 Å². The number of carbonyl (C=O) groups excluding carboxylic acids is 2. The van der Waals surface area contributed by atoms with Crippen LogP contribution < -0.4 is 4.74 Å². The molecule has 1 aromatic rings. The van der Waals surface area contributed by atoms with Gasteiger partial charge in [-0.1, -0.05) is 24.3 Å². The van der Waals surface area contributed by atoms with Crippen LogP contribution in [0.25, 0.3) is 0 Å². The van der Waals surface area contributed by atoms with Gasteiger partial charge in [0.25, 0.3) is 11.8 Å². The summed E-state index contributed by atoms with van der Waals surface area (Å²) in [5.41, 5.74) is 0.803. The van der Waals surface area contributed by atoms with E-state index in [9.17, 15) is 9.59 Å². The number of imide groups is 1. The molecular weight excluding hydrogens is 304 g/mol. The second kappa shape index (κ2) is 5.89. The molecule has 3 aliphatic carbocycles. The molecule has 124 valence electrons. The minimum absolute atomic E-state index is 0.152. The molecule has 0 unspecified atom stereocenters. The maximum absolute atomic E-state index is 12.7. The van der Waals surface area contributed by atoms with Crippen LogP contribution in [0.4, 0.5) is 0 Å². The van der Waals surface area contributed by atoms with E-state index in [-0.39, 0.29) is 35.5 Å². The van der Waals surface area contributed by atoms with Gasteiger partial charge in [-0.2, -0.15) is 10.1 Å². The van der Waals surface area contributed by atoms with Gasteiger partial charge in [0.15, 0.2) is 0 Å². The fourth-order valence-corrected chi connectivity index (χ4v) is 4.15. The highest BCUT2D eigenvalue weighted by Crippen LogP contribution is 2.49. The van der Waals surface area contributed by atoms with Crippen molar-refractivity contribution in [2.45, 2.75) is 19.8 Å². The molecule has 0 radical (unpaired) electrons. The molecule has 5 rings (SSSR count). The molecule has 2 fully saturated rings. The fraction of sp³-hybridized carbons (Fsp3) is 0.421. The predicted octanol–water partition coefficient (Wildman–Crippen LogP) is 2.62. The van der Waals surface area contributed by atoms with Gasteiger partial charge in [-0.05, 0) is 49.3 Å². The fourth-order valence-electron chi connectivity index (χ4n) is 4.15. The van der Waals surface area contributed by atoms with Gasteiger partial charge in [0, 0.05) is 0 Å². The van der Waals surface area contributed by atoms with Crippen molar-refractivity contribution in [3.63, 3.8) is 0 Å². The zero-order valence-electron chi connectivity index (χ0n) is 13.6. The quantitative estimate of drug-likeness (QED) is 0.486. The van der Waals surface area contributed by atoms with Gasteiger partial charge in [-0.25, -0.2) is 0 Å². The van der Waals surface area contributed by atoms with E-state index in [0.717, 1.165) is 29.2 Å². The van der Waals surface area contributed by atoms with E-state index in [4.69, 9.17) is 4.74 Å². The molecule has 1 saturated carbocycles. The molecule has 0 N–H and O–H groups in total. The number of hydrazone groups is 1. The van der Waals surface area contributed by atoms with E-state index in [0.29, 0.717) is 6.61 Å². The Balaban J connectivity index is 1.56. The lowest BCUT2D eigenvalue weighted by Gasteiger charge is -2.37. The first-order valence-corrected chi connectivity index (χ1v) is 8.52. The van der Waals surface area contributed by atoms with E-state index < -0.39 is 0 Å². The number of fused-ring (bicyclic) bond motifs is 1. The van der Waals surface area contributed by atoms with Crippen molar-refractivity contribution in [3.05, 3.63) is 42.0 Å². The van der Waals surface area contributed by atoms with Crippen molar-refractivity contribution in [3.8, 4) is 5.75 Å². The van der Waals surface area contributed by atoms with Crippen LogP contribution in [0.1, 0.15) is 25.3 Å². The van der Waals surface area contributed by atoms with Gasteiger partial charge in [0.05, 0.1) is 24.7 Å². The average molecular weight is 324 g/mol. The average Bonchev–Trinajstić information content (AvgIpc) is 2.88. The van der Waals surface area contributed by atoms with Gasteiger partial charge >= 0.3 is 0 Å². The van der Waals surface area contributed by atoms with Crippen LogP contribution in [-0.2, 0) is 9.59 Å². The second-order valence-electron chi connectivity index (χ2n) is 6.58. The van der Waals surface area contributed by atoms with Crippen molar-refractivity contribution >= 4 is 18.0 Å². The lowest BCUT2D eigenvalue weighted by molar-refractivity contribution is -0.140. The maximum Gasteiger partial charge on any atom is 0.254 e. The third kappa shape index (κ3) is 2.35. The van der Waals surface area contributed by atoms with Crippen molar-refractivity contribution < 1.29 is 14.3 Å². The van der Waals surface area contributed by atoms with Crippen molar-refractivity contribution in [2.24, 2.45) is 28.8 Å². The summed E-state index contributed by atoms with van der Waals surface area (Å²) >= 11 is 0. The van der Waals surface area contributed by atoms with Crippen molar-refractivity contribution in [2.75, 3.05) is 6.61 Å². The highest BCUT2D eigenvalue weighted by atomic mass is 16.5. The first kappa shape index (κ1) is 15.1. The summed E-state index contributed by atoms with van der Waals surface area (Å²) < 4.78 is 5.46. The number of allylic oxidation sites excluding steroid dienone is 2. The molecule has 1 aromatic carbocycles. The zero-order valence-corrected chi connectivity index (χ0v) is 13.6. The topological polar surface area (TPSA) is 59.0 Å². The van der Waals surface area contributed by atoms with E-state index in [2.05, 4.69) is 17.3 Å². The van der Waals surface area contributed by atoms with Crippen LogP contribution in [0.5, 0.6) is 5.75 Å². The summed E-state index contributed by atoms with van der Waals surface area (Å²) in [6.45, 7) is 2.51. The first-order chi connectivity index (χ1) is 11.7. The lowest BCUT2D eigenvalue weighted by Crippen LogP contribution is -2.38. The number of amides is 2. The number of hydrogen-bond acceptors (Lipinski definition) is 4. The van der Waals surface area contributed by atoms with Crippen LogP contribution in [0.3, 0.4) is 0 Å². The summed E-state index contributed by atoms with van der Waals surface area (Å²) in [5, 5.41) is 5.29. The molecule has 5 nitrogen and oxygen atoms in total. The van der Waals surface area contributed by atoms with Gasteiger partial charge < -0.3 is 4.74 Å². The van der Waals surface area contributed by atoms with Crippen LogP contribution in [0.15, 0.2) is 41.5 Å². The molecule has 4 aliphatic rings. The Morgan fingerprint density at radius 3 is 2.42 bits per heavy atom. The summed E-state index contributed by atoms with van der Waals surface area (Å²) in [4.78, 5) is 25.3. The van der Waals surface area contributed by atoms with Crippen LogP contribution >= 0.6 is 0 Å². The minimum atomic E-state index is -0.215. The molecule has 1 heterocycles. The largest absolute Gasteiger partial charge is 0.494 e. The smallest absolute Gasteiger partial charge is 0.254 e. The first-order valence-electron chi connectivity index (χ1n) is 8.52. The molecule has 0 aromatic heterocycles. The van der Waals surface area contributed by atoms with Crippen LogP contribution in [-0.4, -0.2) is 29.6 Å². The Morgan fingerprint density at radius 1 is 1.17 bits per heavy atom. The number of nitrogens with zero attached hydrogens (tertiary/aromatic N) is 2. The van der Waals surface area contributed by atoms with E-state index >= 15 is 0 Å². The molecule has 1 saturated heterocycles. The highest BCUT2D eigenvalue weighted by Gasteiger charge is 2.56. The van der Waals surface area contributed by atoms with Gasteiger partial charge in [-0.15, -0.1) is 0 Å². The third-order valence-corrected chi connectivity index (χ3v) is 5.23. The summed E-state index contributed by atoms with van der Waals surface area (Å²) in [5.74, 6) is 0.399. The number of hydrogen-bond donors (Lipinski definition) is 0. The minimum Gasteiger partial charge on any atom is -0.494 e. The number of ether oxygens (including phenoxy) is 1. The molecular formula is C19H20N2O3. The Kier molecular flexibility index (Phi) is 3.71. The molecule has 0 spiro atoms. The molecule has 2 bridgehead atoms. The van der Waals surface area contributed by atoms with Crippen molar-refractivity contribution in [1.82, 2.24) is 5.01 Å². The lowest BCUT2D eigenvalue weighted by atomic mass is 9.63. The molecule has 1 aliphatic heterocycles. The number of benzene rings is 1. The van der Waals surface area contributed by atoms with Gasteiger partial charge in [-0.3, -0.25) is 9.59 Å². The monoisotopic (exact) mass is 324 g/mol. The Bertz CT molecular complexity index is 708. The van der Waals surface area contributed by atoms with E-state index in [1.807, 2.05) is 31.2 Å². The number of carbonyl (C=O) groups is 2. The van der Waals surface area contributed by atoms with Gasteiger partial charge in [0.1, 0.15) is 5.75 Å². The molecule has 5 heteroatoms.